The molecule has 4 fully saturated rings. The van der Waals surface area contributed by atoms with Gasteiger partial charge in [-0.05, 0) is 68.4 Å². The number of thiazole rings is 1. The number of benzene rings is 1. The number of carbonyl (C=O) groups is 1. The molecule has 0 saturated heterocycles. The minimum Gasteiger partial charge on any atom is -0.493 e. The Labute approximate surface area is 169 Å². The van der Waals surface area contributed by atoms with Crippen molar-refractivity contribution in [2.75, 3.05) is 19.5 Å². The van der Waals surface area contributed by atoms with Crippen molar-refractivity contribution in [2.45, 2.75) is 43.9 Å². The fourth-order valence-corrected chi connectivity index (χ4v) is 7.06. The standard InChI is InChI=1S/C22H26N2O3S/c1-26-17-5-3-4-16(19(17)27-2)20(25)24-21-23-18(12-28-21)22-9-13-6-14(10-22)8-15(7-13)11-22/h3-5,12-15H,6-11H2,1-2H3,(H,23,24,25). The van der Waals surface area contributed by atoms with Crippen LogP contribution >= 0.6 is 11.3 Å². The maximum absolute atomic E-state index is 12.8. The fraction of sp³-hybridized carbons (Fsp3) is 0.545. The quantitative estimate of drug-likeness (QED) is 0.780. The number of carbonyl (C=O) groups excluding carboxylic acids is 1. The van der Waals surface area contributed by atoms with Crippen molar-refractivity contribution in [1.29, 1.82) is 0 Å². The molecule has 2 aromatic rings. The Morgan fingerprint density at radius 3 is 2.39 bits per heavy atom. The second-order valence-electron chi connectivity index (χ2n) is 8.73. The van der Waals surface area contributed by atoms with Gasteiger partial charge in [-0.15, -0.1) is 11.3 Å². The molecule has 148 valence electrons. The van der Waals surface area contributed by atoms with Crippen LogP contribution in [0.15, 0.2) is 23.6 Å². The third-order valence-electron chi connectivity index (χ3n) is 6.95. The van der Waals surface area contributed by atoms with Crippen molar-refractivity contribution in [3.05, 3.63) is 34.8 Å². The van der Waals surface area contributed by atoms with E-state index in [-0.39, 0.29) is 11.3 Å². The number of hydrogen-bond acceptors (Lipinski definition) is 5. The molecule has 0 spiro atoms. The van der Waals surface area contributed by atoms with E-state index in [1.54, 1.807) is 32.4 Å². The molecular weight excluding hydrogens is 372 g/mol. The number of hydrogen-bond donors (Lipinski definition) is 1. The van der Waals surface area contributed by atoms with Crippen molar-refractivity contribution in [3.8, 4) is 11.5 Å². The molecule has 4 aliphatic rings. The summed E-state index contributed by atoms with van der Waals surface area (Å²) >= 11 is 1.53. The van der Waals surface area contributed by atoms with Crippen LogP contribution < -0.4 is 14.8 Å². The van der Waals surface area contributed by atoms with Gasteiger partial charge in [-0.25, -0.2) is 4.98 Å². The number of nitrogens with one attached hydrogen (secondary N) is 1. The van der Waals surface area contributed by atoms with Crippen LogP contribution in [0.2, 0.25) is 0 Å². The molecular formula is C22H26N2O3S. The van der Waals surface area contributed by atoms with Crippen LogP contribution in [-0.4, -0.2) is 25.1 Å². The molecule has 4 aliphatic carbocycles. The summed E-state index contributed by atoms with van der Waals surface area (Å²) < 4.78 is 10.7. The molecule has 1 heterocycles. The Bertz CT molecular complexity index is 872. The first-order chi connectivity index (χ1) is 13.6. The fourth-order valence-electron chi connectivity index (χ4n) is 6.23. The maximum Gasteiger partial charge on any atom is 0.261 e. The molecule has 1 N–H and O–H groups in total. The molecule has 0 atom stereocenters. The third kappa shape index (κ3) is 2.89. The number of para-hydroxylation sites is 1. The first-order valence-electron chi connectivity index (χ1n) is 10.1. The average Bonchev–Trinajstić information content (AvgIpc) is 3.15. The predicted molar refractivity (Wildman–Crippen MR) is 109 cm³/mol. The monoisotopic (exact) mass is 398 g/mol. The average molecular weight is 399 g/mol. The van der Waals surface area contributed by atoms with Crippen molar-refractivity contribution < 1.29 is 14.3 Å². The van der Waals surface area contributed by atoms with Gasteiger partial charge in [0.1, 0.15) is 0 Å². The molecule has 4 bridgehead atoms. The lowest BCUT2D eigenvalue weighted by atomic mass is 9.49. The molecule has 5 nitrogen and oxygen atoms in total. The van der Waals surface area contributed by atoms with E-state index in [0.717, 1.165) is 17.8 Å². The number of ether oxygens (including phenoxy) is 2. The summed E-state index contributed by atoms with van der Waals surface area (Å²) in [5.41, 5.74) is 1.90. The number of rotatable bonds is 5. The summed E-state index contributed by atoms with van der Waals surface area (Å²) in [4.78, 5) is 17.7. The highest BCUT2D eigenvalue weighted by atomic mass is 32.1. The van der Waals surface area contributed by atoms with E-state index in [2.05, 4.69) is 10.7 Å². The van der Waals surface area contributed by atoms with E-state index in [0.29, 0.717) is 22.2 Å². The van der Waals surface area contributed by atoms with Crippen molar-refractivity contribution in [1.82, 2.24) is 4.98 Å². The Morgan fingerprint density at radius 1 is 1.11 bits per heavy atom. The normalized spacial score (nSPS) is 30.3. The molecule has 1 aromatic heterocycles. The van der Waals surface area contributed by atoms with Gasteiger partial charge in [-0.2, -0.15) is 0 Å². The van der Waals surface area contributed by atoms with Crippen LogP contribution in [0.5, 0.6) is 11.5 Å². The Morgan fingerprint density at radius 2 is 1.79 bits per heavy atom. The smallest absolute Gasteiger partial charge is 0.261 e. The van der Waals surface area contributed by atoms with Gasteiger partial charge in [-0.3, -0.25) is 10.1 Å². The van der Waals surface area contributed by atoms with Crippen molar-refractivity contribution in [3.63, 3.8) is 0 Å². The predicted octanol–water partition coefficient (Wildman–Crippen LogP) is 4.88. The second kappa shape index (κ2) is 6.76. The van der Waals surface area contributed by atoms with Gasteiger partial charge in [-0.1, -0.05) is 6.07 Å². The van der Waals surface area contributed by atoms with Gasteiger partial charge < -0.3 is 9.47 Å². The molecule has 1 aromatic carbocycles. The van der Waals surface area contributed by atoms with Crippen LogP contribution in [-0.2, 0) is 5.41 Å². The SMILES string of the molecule is COc1cccc(C(=O)Nc2nc(C34CC5CC(CC(C5)C3)C4)cs2)c1OC. The summed E-state index contributed by atoms with van der Waals surface area (Å²) in [5.74, 6) is 3.41. The summed E-state index contributed by atoms with van der Waals surface area (Å²) in [6.45, 7) is 0. The van der Waals surface area contributed by atoms with E-state index in [1.165, 1.54) is 55.6 Å². The number of nitrogens with zero attached hydrogens (tertiary/aromatic N) is 1. The molecule has 6 rings (SSSR count). The van der Waals surface area contributed by atoms with Crippen LogP contribution in [0.4, 0.5) is 5.13 Å². The summed E-state index contributed by atoms with van der Waals surface area (Å²) in [6, 6.07) is 5.31. The van der Waals surface area contributed by atoms with Gasteiger partial charge in [0, 0.05) is 10.8 Å². The van der Waals surface area contributed by atoms with E-state index in [4.69, 9.17) is 14.5 Å². The number of methoxy groups -OCH3 is 2. The van der Waals surface area contributed by atoms with E-state index in [9.17, 15) is 4.79 Å². The Hall–Kier alpha value is -2.08. The Kier molecular flexibility index (Phi) is 4.34. The highest BCUT2D eigenvalue weighted by molar-refractivity contribution is 7.14. The highest BCUT2D eigenvalue weighted by Crippen LogP contribution is 2.60. The third-order valence-corrected chi connectivity index (χ3v) is 7.71. The molecule has 4 saturated carbocycles. The zero-order valence-electron chi connectivity index (χ0n) is 16.4. The number of amides is 1. The largest absolute Gasteiger partial charge is 0.493 e. The summed E-state index contributed by atoms with van der Waals surface area (Å²) in [6.07, 6.45) is 8.09. The molecule has 0 radical (unpaired) electrons. The molecule has 0 aliphatic heterocycles. The lowest BCUT2D eigenvalue weighted by Gasteiger charge is -2.56. The van der Waals surface area contributed by atoms with Gasteiger partial charge >= 0.3 is 0 Å². The van der Waals surface area contributed by atoms with E-state index >= 15 is 0 Å². The maximum atomic E-state index is 12.8. The lowest BCUT2D eigenvalue weighted by molar-refractivity contribution is -0.00688. The van der Waals surface area contributed by atoms with Crippen LogP contribution in [0.25, 0.3) is 0 Å². The van der Waals surface area contributed by atoms with Gasteiger partial charge in [0.05, 0.1) is 25.5 Å². The zero-order valence-corrected chi connectivity index (χ0v) is 17.2. The molecule has 1 amide bonds. The molecule has 28 heavy (non-hydrogen) atoms. The topological polar surface area (TPSA) is 60.5 Å². The van der Waals surface area contributed by atoms with E-state index < -0.39 is 0 Å². The summed E-state index contributed by atoms with van der Waals surface area (Å²) in [5, 5.41) is 5.81. The van der Waals surface area contributed by atoms with Gasteiger partial charge in [0.25, 0.3) is 5.91 Å². The van der Waals surface area contributed by atoms with Crippen molar-refractivity contribution >= 4 is 22.4 Å². The van der Waals surface area contributed by atoms with Gasteiger partial charge in [0.2, 0.25) is 0 Å². The Balaban J connectivity index is 1.37. The van der Waals surface area contributed by atoms with Crippen LogP contribution in [0, 0.1) is 17.8 Å². The highest BCUT2D eigenvalue weighted by Gasteiger charge is 2.52. The van der Waals surface area contributed by atoms with Gasteiger partial charge in [0.15, 0.2) is 16.6 Å². The summed E-state index contributed by atoms with van der Waals surface area (Å²) in [7, 11) is 3.11. The van der Waals surface area contributed by atoms with Crippen molar-refractivity contribution in [2.24, 2.45) is 17.8 Å². The lowest BCUT2D eigenvalue weighted by Crippen LogP contribution is -2.48. The molecule has 0 unspecified atom stereocenters. The zero-order chi connectivity index (χ0) is 19.3. The molecule has 6 heteroatoms. The minimum absolute atomic E-state index is 0.220. The second-order valence-corrected chi connectivity index (χ2v) is 9.59. The number of aromatic nitrogens is 1. The van der Waals surface area contributed by atoms with Crippen LogP contribution in [0.3, 0.4) is 0 Å². The minimum atomic E-state index is -0.220. The van der Waals surface area contributed by atoms with Crippen LogP contribution in [0.1, 0.15) is 54.6 Å². The first kappa shape index (κ1) is 18.0. The number of anilines is 1. The first-order valence-corrected chi connectivity index (χ1v) is 11.0. The van der Waals surface area contributed by atoms with E-state index in [1.807, 2.05) is 0 Å².